The summed E-state index contributed by atoms with van der Waals surface area (Å²) in [5, 5.41) is 0. The molecule has 2 rings (SSSR count). The number of carbonyl (C=O) groups excluding carboxylic acids is 2. The van der Waals surface area contributed by atoms with Crippen molar-refractivity contribution in [2.75, 3.05) is 0 Å². The molecule has 0 aliphatic heterocycles. The summed E-state index contributed by atoms with van der Waals surface area (Å²) in [4.78, 5) is 23.7. The lowest BCUT2D eigenvalue weighted by molar-refractivity contribution is -0.117. The van der Waals surface area contributed by atoms with Crippen molar-refractivity contribution in [2.24, 2.45) is 0 Å². The van der Waals surface area contributed by atoms with Crippen LogP contribution in [0, 0.1) is 0 Å². The van der Waals surface area contributed by atoms with Gasteiger partial charge in [-0.1, -0.05) is 51.7 Å². The molecule has 0 heterocycles. The van der Waals surface area contributed by atoms with E-state index < -0.39 is 8.07 Å². The molecule has 0 bridgehead atoms. The number of fused-ring (bicyclic) bond motifs is 1. The Morgan fingerprint density at radius 3 is 2.45 bits per heavy atom. The van der Waals surface area contributed by atoms with E-state index in [1.54, 1.807) is 6.92 Å². The lowest BCUT2D eigenvalue weighted by Crippen LogP contribution is -2.36. The van der Waals surface area contributed by atoms with E-state index in [4.69, 9.17) is 0 Å². The van der Waals surface area contributed by atoms with Crippen LogP contribution in [0.25, 0.3) is 0 Å². The quantitative estimate of drug-likeness (QED) is 0.601. The summed E-state index contributed by atoms with van der Waals surface area (Å²) < 4.78 is 0. The van der Waals surface area contributed by atoms with E-state index in [0.717, 1.165) is 30.3 Å². The lowest BCUT2D eigenvalue weighted by Gasteiger charge is -2.36. The Morgan fingerprint density at radius 2 is 1.95 bits per heavy atom. The van der Waals surface area contributed by atoms with Crippen molar-refractivity contribution in [3.8, 4) is 0 Å². The molecule has 2 nitrogen and oxygen atoms in total. The van der Waals surface area contributed by atoms with Crippen LogP contribution in [0.2, 0.25) is 19.6 Å². The van der Waals surface area contributed by atoms with E-state index >= 15 is 0 Å². The summed E-state index contributed by atoms with van der Waals surface area (Å²) in [6.07, 6.45) is 3.02. The first-order valence-electron chi connectivity index (χ1n) is 8.18. The molecule has 1 aliphatic carbocycles. The molecule has 0 radical (unpaired) electrons. The molecular formula is C19H28O2Si. The second-order valence-corrected chi connectivity index (χ2v) is 13.7. The molecule has 3 heteroatoms. The zero-order valence-electron chi connectivity index (χ0n) is 14.7. The van der Waals surface area contributed by atoms with E-state index in [9.17, 15) is 9.59 Å². The summed E-state index contributed by atoms with van der Waals surface area (Å²) in [6, 6.07) is 6.44. The standard InChI is InChI=1S/C19H28O2Si/c1-13(21)18(22(4,5)6)14-7-8-17-16(11-14)15(12-20)9-10-19(17,2)3/h7-8,11-12,15,18H,9-10H2,1-6H3. The zero-order chi connectivity index (χ0) is 16.7. The first-order valence-corrected chi connectivity index (χ1v) is 11.8. The number of hydrogen-bond acceptors (Lipinski definition) is 2. The minimum Gasteiger partial charge on any atom is -0.303 e. The van der Waals surface area contributed by atoms with E-state index in [1.807, 2.05) is 0 Å². The number of hydrogen-bond donors (Lipinski definition) is 0. The van der Waals surface area contributed by atoms with Gasteiger partial charge in [-0.05, 0) is 41.9 Å². The Kier molecular flexibility index (Phi) is 4.49. The SMILES string of the molecule is CC(=O)C(c1ccc2c(c1)C(C=O)CCC2(C)C)[Si](C)(C)C. The van der Waals surface area contributed by atoms with Gasteiger partial charge in [0, 0.05) is 11.5 Å². The molecule has 22 heavy (non-hydrogen) atoms. The van der Waals surface area contributed by atoms with Crippen molar-refractivity contribution in [3.63, 3.8) is 0 Å². The first-order chi connectivity index (χ1) is 10.1. The molecule has 0 saturated heterocycles. The van der Waals surface area contributed by atoms with E-state index in [0.29, 0.717) is 0 Å². The minimum absolute atomic E-state index is 0.00939. The van der Waals surface area contributed by atoms with Gasteiger partial charge in [-0.2, -0.15) is 0 Å². The zero-order valence-corrected chi connectivity index (χ0v) is 15.7. The summed E-state index contributed by atoms with van der Waals surface area (Å²) in [5.41, 5.74) is 3.65. The van der Waals surface area contributed by atoms with Crippen molar-refractivity contribution >= 4 is 20.1 Å². The van der Waals surface area contributed by atoms with Crippen molar-refractivity contribution in [2.45, 2.75) is 70.1 Å². The Bertz CT molecular complexity index is 596. The fourth-order valence-corrected chi connectivity index (χ4v) is 6.38. The van der Waals surface area contributed by atoms with E-state index in [1.165, 1.54) is 5.56 Å². The highest BCUT2D eigenvalue weighted by atomic mass is 28.3. The molecule has 0 N–H and O–H groups in total. The van der Waals surface area contributed by atoms with Gasteiger partial charge in [0.1, 0.15) is 12.1 Å². The number of aldehydes is 1. The van der Waals surface area contributed by atoms with Gasteiger partial charge in [0.2, 0.25) is 0 Å². The molecule has 2 atom stereocenters. The van der Waals surface area contributed by atoms with Crippen molar-refractivity contribution < 1.29 is 9.59 Å². The van der Waals surface area contributed by atoms with Gasteiger partial charge in [-0.15, -0.1) is 0 Å². The van der Waals surface area contributed by atoms with Gasteiger partial charge in [-0.25, -0.2) is 0 Å². The Hall–Kier alpha value is -1.22. The molecule has 0 aromatic heterocycles. The number of benzene rings is 1. The maximum atomic E-state index is 12.2. The van der Waals surface area contributed by atoms with Gasteiger partial charge in [0.15, 0.2) is 0 Å². The number of rotatable bonds is 4. The number of Topliss-reactive ketones (excluding diaryl/α,β-unsaturated/α-hetero) is 1. The van der Waals surface area contributed by atoms with Crippen LogP contribution < -0.4 is 0 Å². The molecule has 0 spiro atoms. The Balaban J connectivity index is 2.58. The smallest absolute Gasteiger partial charge is 0.134 e. The predicted octanol–water partition coefficient (Wildman–Crippen LogP) is 4.59. The third-order valence-electron chi connectivity index (χ3n) is 5.05. The average Bonchev–Trinajstić information content (AvgIpc) is 2.36. The molecule has 1 aromatic carbocycles. The monoisotopic (exact) mass is 316 g/mol. The fourth-order valence-electron chi connectivity index (χ4n) is 3.98. The lowest BCUT2D eigenvalue weighted by atomic mass is 9.68. The first kappa shape index (κ1) is 17.1. The minimum atomic E-state index is -1.64. The Labute approximate surface area is 135 Å². The van der Waals surface area contributed by atoms with Crippen LogP contribution in [0.3, 0.4) is 0 Å². The van der Waals surface area contributed by atoms with Crippen LogP contribution in [-0.2, 0) is 15.0 Å². The second kappa shape index (κ2) is 5.77. The van der Waals surface area contributed by atoms with Crippen LogP contribution in [0.1, 0.15) is 61.8 Å². The normalized spacial score (nSPS) is 21.8. The summed E-state index contributed by atoms with van der Waals surface area (Å²) in [5.74, 6) is 0.231. The molecule has 0 fully saturated rings. The highest BCUT2D eigenvalue weighted by Crippen LogP contribution is 2.43. The molecule has 0 saturated carbocycles. The van der Waals surface area contributed by atoms with Gasteiger partial charge >= 0.3 is 0 Å². The highest BCUT2D eigenvalue weighted by molar-refractivity contribution is 6.80. The fraction of sp³-hybridized carbons (Fsp3) is 0.579. The van der Waals surface area contributed by atoms with Crippen LogP contribution in [0.15, 0.2) is 18.2 Å². The maximum Gasteiger partial charge on any atom is 0.134 e. The highest BCUT2D eigenvalue weighted by Gasteiger charge is 2.36. The Morgan fingerprint density at radius 1 is 1.32 bits per heavy atom. The summed E-state index contributed by atoms with van der Waals surface area (Å²) >= 11 is 0. The third kappa shape index (κ3) is 3.10. The van der Waals surface area contributed by atoms with Gasteiger partial charge < -0.3 is 4.79 Å². The van der Waals surface area contributed by atoms with Crippen LogP contribution in [0.4, 0.5) is 0 Å². The molecule has 2 unspecified atom stereocenters. The molecular weight excluding hydrogens is 288 g/mol. The number of ketones is 1. The summed E-state index contributed by atoms with van der Waals surface area (Å²) in [6.45, 7) is 12.9. The van der Waals surface area contributed by atoms with Crippen LogP contribution >= 0.6 is 0 Å². The van der Waals surface area contributed by atoms with E-state index in [-0.39, 0.29) is 22.7 Å². The topological polar surface area (TPSA) is 34.1 Å². The van der Waals surface area contributed by atoms with Crippen LogP contribution in [-0.4, -0.2) is 20.1 Å². The van der Waals surface area contributed by atoms with Gasteiger partial charge in [-0.3, -0.25) is 4.79 Å². The second-order valence-electron chi connectivity index (χ2n) is 8.42. The molecule has 120 valence electrons. The molecule has 1 aromatic rings. The van der Waals surface area contributed by atoms with Gasteiger partial charge in [0.25, 0.3) is 0 Å². The predicted molar refractivity (Wildman–Crippen MR) is 94.3 cm³/mol. The summed E-state index contributed by atoms with van der Waals surface area (Å²) in [7, 11) is -1.64. The maximum absolute atomic E-state index is 12.2. The molecule has 0 amide bonds. The third-order valence-corrected chi connectivity index (χ3v) is 7.53. The average molecular weight is 317 g/mol. The van der Waals surface area contributed by atoms with Gasteiger partial charge in [0.05, 0.1) is 8.07 Å². The van der Waals surface area contributed by atoms with Crippen molar-refractivity contribution in [3.05, 3.63) is 34.9 Å². The largest absolute Gasteiger partial charge is 0.303 e. The number of carbonyl (C=O) groups is 2. The van der Waals surface area contributed by atoms with Crippen molar-refractivity contribution in [1.29, 1.82) is 0 Å². The van der Waals surface area contributed by atoms with Crippen molar-refractivity contribution in [1.82, 2.24) is 0 Å². The van der Waals surface area contributed by atoms with Crippen LogP contribution in [0.5, 0.6) is 0 Å². The van der Waals surface area contributed by atoms with E-state index in [2.05, 4.69) is 51.7 Å². The molecule has 1 aliphatic rings.